The third-order valence-corrected chi connectivity index (χ3v) is 7.73. The highest BCUT2D eigenvalue weighted by Gasteiger charge is 2.26. The number of methoxy groups -OCH3 is 1. The minimum absolute atomic E-state index is 0.0480. The maximum atomic E-state index is 12.7. The molecule has 2 atom stereocenters. The average Bonchev–Trinajstić information content (AvgIpc) is 2.89. The number of benzene rings is 3. The van der Waals surface area contributed by atoms with Crippen molar-refractivity contribution in [3.05, 3.63) is 102 Å². The normalized spacial score (nSPS) is 12.9. The topological polar surface area (TPSA) is 102 Å². The SMILES string of the molecule is COc1ccc(CSC(Cc2ccccc2)C(CCS(=O)(=O)O)NC(=O)OCc2ccccc2)cc1. The van der Waals surface area contributed by atoms with Gasteiger partial charge in [0.2, 0.25) is 0 Å². The van der Waals surface area contributed by atoms with E-state index >= 15 is 0 Å². The maximum Gasteiger partial charge on any atom is 0.407 e. The maximum absolute atomic E-state index is 12.7. The van der Waals surface area contributed by atoms with Crippen LogP contribution in [0.4, 0.5) is 4.79 Å². The molecule has 36 heavy (non-hydrogen) atoms. The number of alkyl carbamates (subject to hydrolysis) is 1. The van der Waals surface area contributed by atoms with Crippen molar-refractivity contribution in [3.63, 3.8) is 0 Å². The lowest BCUT2D eigenvalue weighted by Gasteiger charge is -2.28. The molecule has 1 amide bonds. The van der Waals surface area contributed by atoms with E-state index in [9.17, 15) is 17.8 Å². The highest BCUT2D eigenvalue weighted by atomic mass is 32.2. The Kier molecular flexibility index (Phi) is 10.7. The standard InChI is InChI=1S/C27H31NO6S2/c1-33-24-14-12-23(13-15-24)20-35-26(18-21-8-4-2-5-9-21)25(16-17-36(30,31)32)28-27(29)34-19-22-10-6-3-7-11-22/h2-15,25-26H,16-20H2,1H3,(H,28,29)(H,30,31,32). The molecule has 3 aromatic carbocycles. The lowest BCUT2D eigenvalue weighted by Crippen LogP contribution is -2.44. The molecule has 0 saturated carbocycles. The molecule has 3 aromatic rings. The number of thioether (sulfide) groups is 1. The Morgan fingerprint density at radius 3 is 2.11 bits per heavy atom. The van der Waals surface area contributed by atoms with Gasteiger partial charge in [0.05, 0.1) is 12.9 Å². The Hall–Kier alpha value is -3.01. The number of nitrogens with one attached hydrogen (secondary N) is 1. The quantitative estimate of drug-likeness (QED) is 0.297. The summed E-state index contributed by atoms with van der Waals surface area (Å²) in [5.74, 6) is 0.939. The van der Waals surface area contributed by atoms with Gasteiger partial charge in [0.15, 0.2) is 0 Å². The van der Waals surface area contributed by atoms with E-state index in [0.717, 1.165) is 22.4 Å². The summed E-state index contributed by atoms with van der Waals surface area (Å²) < 4.78 is 43.1. The van der Waals surface area contributed by atoms with Crippen molar-refractivity contribution in [2.75, 3.05) is 12.9 Å². The van der Waals surface area contributed by atoms with Crippen LogP contribution in [0.3, 0.4) is 0 Å². The second-order valence-corrected chi connectivity index (χ2v) is 11.1. The molecule has 0 heterocycles. The predicted molar refractivity (Wildman–Crippen MR) is 143 cm³/mol. The van der Waals surface area contributed by atoms with Gasteiger partial charge in [0.25, 0.3) is 10.1 Å². The van der Waals surface area contributed by atoms with Crippen LogP contribution in [0, 0.1) is 0 Å². The first-order chi connectivity index (χ1) is 17.3. The first kappa shape index (κ1) is 27.6. The van der Waals surface area contributed by atoms with Crippen molar-refractivity contribution >= 4 is 28.0 Å². The number of carbonyl (C=O) groups is 1. The van der Waals surface area contributed by atoms with Crippen LogP contribution in [-0.4, -0.2) is 43.2 Å². The summed E-state index contributed by atoms with van der Waals surface area (Å²) in [5, 5.41) is 2.68. The van der Waals surface area contributed by atoms with Crippen molar-refractivity contribution in [1.29, 1.82) is 0 Å². The molecule has 0 bridgehead atoms. The van der Waals surface area contributed by atoms with E-state index in [0.29, 0.717) is 12.2 Å². The second-order valence-electron chi connectivity index (χ2n) is 8.27. The van der Waals surface area contributed by atoms with E-state index in [2.05, 4.69) is 5.32 Å². The number of hydrogen-bond acceptors (Lipinski definition) is 6. The molecule has 2 unspecified atom stereocenters. The first-order valence-electron chi connectivity index (χ1n) is 11.5. The van der Waals surface area contributed by atoms with Gasteiger partial charge in [-0.1, -0.05) is 72.8 Å². The van der Waals surface area contributed by atoms with Crippen molar-refractivity contribution in [3.8, 4) is 5.75 Å². The van der Waals surface area contributed by atoms with Gasteiger partial charge in [0, 0.05) is 17.0 Å². The van der Waals surface area contributed by atoms with Crippen LogP contribution in [0.25, 0.3) is 0 Å². The molecule has 0 spiro atoms. The summed E-state index contributed by atoms with van der Waals surface area (Å²) >= 11 is 1.61. The number of ether oxygens (including phenoxy) is 2. The average molecular weight is 530 g/mol. The van der Waals surface area contributed by atoms with E-state index in [1.807, 2.05) is 84.9 Å². The molecule has 9 heteroatoms. The molecule has 0 aliphatic heterocycles. The summed E-state index contributed by atoms with van der Waals surface area (Å²) in [7, 11) is -2.59. The molecule has 7 nitrogen and oxygen atoms in total. The molecule has 192 valence electrons. The van der Waals surface area contributed by atoms with Crippen LogP contribution in [-0.2, 0) is 33.6 Å². The van der Waals surface area contributed by atoms with Crippen molar-refractivity contribution < 1.29 is 27.2 Å². The van der Waals surface area contributed by atoms with E-state index in [1.165, 1.54) is 0 Å². The Balaban J connectivity index is 1.75. The van der Waals surface area contributed by atoms with Gasteiger partial charge in [-0.25, -0.2) is 4.79 Å². The number of hydrogen-bond donors (Lipinski definition) is 2. The second kappa shape index (κ2) is 13.9. The third kappa shape index (κ3) is 9.93. The monoisotopic (exact) mass is 529 g/mol. The largest absolute Gasteiger partial charge is 0.497 e. The lowest BCUT2D eigenvalue weighted by molar-refractivity contribution is 0.135. The fraction of sp³-hybridized carbons (Fsp3) is 0.296. The molecule has 2 N–H and O–H groups in total. The Labute approximate surface area is 217 Å². The number of carbonyl (C=O) groups excluding carboxylic acids is 1. The van der Waals surface area contributed by atoms with Crippen LogP contribution in [0.2, 0.25) is 0 Å². The van der Waals surface area contributed by atoms with Gasteiger partial charge in [-0.05, 0) is 41.7 Å². The van der Waals surface area contributed by atoms with Crippen LogP contribution in [0.15, 0.2) is 84.9 Å². The Morgan fingerprint density at radius 2 is 1.53 bits per heavy atom. The van der Waals surface area contributed by atoms with Crippen LogP contribution in [0.1, 0.15) is 23.1 Å². The van der Waals surface area contributed by atoms with Gasteiger partial charge in [0.1, 0.15) is 12.4 Å². The van der Waals surface area contributed by atoms with Crippen LogP contribution in [0.5, 0.6) is 5.75 Å². The molecular formula is C27H31NO6S2. The van der Waals surface area contributed by atoms with Crippen molar-refractivity contribution in [2.45, 2.75) is 36.5 Å². The first-order valence-corrected chi connectivity index (χ1v) is 14.2. The molecule has 0 aliphatic rings. The predicted octanol–water partition coefficient (Wildman–Crippen LogP) is 5.11. The fourth-order valence-electron chi connectivity index (χ4n) is 3.63. The molecule has 3 rings (SSSR count). The number of amides is 1. The highest BCUT2D eigenvalue weighted by Crippen LogP contribution is 2.27. The smallest absolute Gasteiger partial charge is 0.407 e. The van der Waals surface area contributed by atoms with Gasteiger partial charge in [-0.15, -0.1) is 0 Å². The van der Waals surface area contributed by atoms with Gasteiger partial charge in [-0.3, -0.25) is 4.55 Å². The number of rotatable bonds is 13. The van der Waals surface area contributed by atoms with E-state index in [-0.39, 0.29) is 18.3 Å². The lowest BCUT2D eigenvalue weighted by atomic mass is 10.0. The van der Waals surface area contributed by atoms with E-state index < -0.39 is 28.0 Å². The van der Waals surface area contributed by atoms with Crippen molar-refractivity contribution in [2.24, 2.45) is 0 Å². The van der Waals surface area contributed by atoms with Gasteiger partial charge >= 0.3 is 6.09 Å². The van der Waals surface area contributed by atoms with Gasteiger partial charge < -0.3 is 14.8 Å². The molecule has 0 radical (unpaired) electrons. The van der Waals surface area contributed by atoms with Gasteiger partial charge in [-0.2, -0.15) is 20.2 Å². The summed E-state index contributed by atoms with van der Waals surface area (Å²) in [6.07, 6.45) is 0.00526. The Morgan fingerprint density at radius 1 is 0.917 bits per heavy atom. The minimum atomic E-state index is -4.21. The van der Waals surface area contributed by atoms with E-state index in [1.54, 1.807) is 18.9 Å². The van der Waals surface area contributed by atoms with Crippen LogP contribution < -0.4 is 10.1 Å². The Bertz CT molecular complexity index is 1170. The third-order valence-electron chi connectivity index (χ3n) is 5.55. The van der Waals surface area contributed by atoms with E-state index in [4.69, 9.17) is 9.47 Å². The van der Waals surface area contributed by atoms with Crippen molar-refractivity contribution in [1.82, 2.24) is 5.32 Å². The molecular weight excluding hydrogens is 498 g/mol. The fourth-order valence-corrected chi connectivity index (χ4v) is 5.53. The highest BCUT2D eigenvalue weighted by molar-refractivity contribution is 7.99. The molecule has 0 fully saturated rings. The molecule has 0 aromatic heterocycles. The zero-order valence-corrected chi connectivity index (χ0v) is 21.7. The summed E-state index contributed by atoms with van der Waals surface area (Å²) in [4.78, 5) is 12.7. The molecule has 0 saturated heterocycles. The summed E-state index contributed by atoms with van der Waals surface area (Å²) in [6.45, 7) is 0.0973. The molecule has 0 aliphatic carbocycles. The minimum Gasteiger partial charge on any atom is -0.497 e. The van der Waals surface area contributed by atoms with Crippen LogP contribution >= 0.6 is 11.8 Å². The summed E-state index contributed by atoms with van der Waals surface area (Å²) in [5.41, 5.74) is 2.97. The summed E-state index contributed by atoms with van der Waals surface area (Å²) in [6, 6.07) is 26.3. The zero-order chi connectivity index (χ0) is 25.8. The zero-order valence-electron chi connectivity index (χ0n) is 20.1.